The Labute approximate surface area is 179 Å². The third-order valence-electron chi connectivity index (χ3n) is 6.80. The van der Waals surface area contributed by atoms with Crippen LogP contribution in [0.3, 0.4) is 0 Å². The van der Waals surface area contributed by atoms with Crippen molar-refractivity contribution in [3.63, 3.8) is 0 Å². The summed E-state index contributed by atoms with van der Waals surface area (Å²) in [6.07, 6.45) is 3.16. The zero-order chi connectivity index (χ0) is 21.9. The van der Waals surface area contributed by atoms with Crippen molar-refractivity contribution in [2.45, 2.75) is 89.3 Å². The predicted molar refractivity (Wildman–Crippen MR) is 111 cm³/mol. The molecule has 0 bridgehead atoms. The summed E-state index contributed by atoms with van der Waals surface area (Å²) in [7, 11) is 1.67. The minimum absolute atomic E-state index is 0.0301. The molecule has 0 aromatic carbocycles. The first-order chi connectivity index (χ1) is 14.3. The summed E-state index contributed by atoms with van der Waals surface area (Å²) >= 11 is 0. The van der Waals surface area contributed by atoms with Crippen molar-refractivity contribution in [2.24, 2.45) is 11.8 Å². The molecule has 3 rings (SSSR count). The first kappa shape index (κ1) is 23.3. The van der Waals surface area contributed by atoms with Gasteiger partial charge in [-0.3, -0.25) is 4.79 Å². The molecule has 2 saturated heterocycles. The quantitative estimate of drug-likeness (QED) is 0.411. The van der Waals surface area contributed by atoms with Gasteiger partial charge in [-0.1, -0.05) is 20.8 Å². The number of hydrogen-bond acceptors (Lipinski definition) is 6. The van der Waals surface area contributed by atoms with Gasteiger partial charge in [0.25, 0.3) is 0 Å². The van der Waals surface area contributed by atoms with E-state index in [1.807, 2.05) is 0 Å². The number of carbonyl (C=O) groups excluding carboxylic acids is 2. The molecule has 2 N–H and O–H groups in total. The molecular weight excluding hydrogens is 388 g/mol. The van der Waals surface area contributed by atoms with E-state index in [9.17, 15) is 9.59 Å². The second-order valence-corrected chi connectivity index (χ2v) is 9.41. The van der Waals surface area contributed by atoms with E-state index in [0.717, 1.165) is 19.3 Å². The van der Waals surface area contributed by atoms with Crippen LogP contribution in [0.2, 0.25) is 0 Å². The number of epoxide rings is 2. The molecule has 0 radical (unpaired) electrons. The fraction of sp³-hybridized carbons (Fsp3) is 0.909. The number of amides is 2. The number of hydrogen-bond donors (Lipinski definition) is 2. The van der Waals surface area contributed by atoms with E-state index < -0.39 is 6.09 Å². The van der Waals surface area contributed by atoms with Crippen LogP contribution in [-0.2, 0) is 23.7 Å². The van der Waals surface area contributed by atoms with E-state index in [1.165, 1.54) is 0 Å². The van der Waals surface area contributed by atoms with Crippen LogP contribution in [0, 0.1) is 11.8 Å². The summed E-state index contributed by atoms with van der Waals surface area (Å²) < 4.78 is 23.8. The summed E-state index contributed by atoms with van der Waals surface area (Å²) in [6.45, 7) is 9.79. The van der Waals surface area contributed by atoms with Gasteiger partial charge in [-0.05, 0) is 38.5 Å². The molecule has 6 atom stereocenters. The molecule has 3 fully saturated rings. The average Bonchev–Trinajstić information content (AvgIpc) is 3.62. The predicted octanol–water partition coefficient (Wildman–Crippen LogP) is 2.40. The molecule has 1 spiro atoms. The lowest BCUT2D eigenvalue weighted by atomic mass is 9.68. The lowest BCUT2D eigenvalue weighted by molar-refractivity contribution is -0.120. The molecule has 172 valence electrons. The molecule has 1 aliphatic carbocycles. The Morgan fingerprint density at radius 1 is 1.23 bits per heavy atom. The highest BCUT2D eigenvalue weighted by molar-refractivity contribution is 5.75. The molecule has 8 nitrogen and oxygen atoms in total. The Bertz CT molecular complexity index is 623. The Balaban J connectivity index is 1.57. The maximum Gasteiger partial charge on any atom is 0.407 e. The lowest BCUT2D eigenvalue weighted by Crippen LogP contribution is -2.56. The minimum atomic E-state index is -0.488. The summed E-state index contributed by atoms with van der Waals surface area (Å²) in [5.74, 6) is 0.623. The summed E-state index contributed by atoms with van der Waals surface area (Å²) in [4.78, 5) is 23.6. The molecule has 2 heterocycles. The van der Waals surface area contributed by atoms with E-state index >= 15 is 0 Å². The standard InChI is InChI=1S/C22H38N2O6/c1-6-17(25)23-11-12-24-20(26)29-15-9-10-22(13-28-22)19(18(15)27-5)21(4)16(30-21)8-7-14(2)3/h14-16,18-19H,6-13H2,1-5H3,(H,23,25)(H,24,26)/t15?,16-,18?,19?,21+,22+/m1/s1. The van der Waals surface area contributed by atoms with Gasteiger partial charge >= 0.3 is 6.09 Å². The summed E-state index contributed by atoms with van der Waals surface area (Å²) in [6, 6.07) is 0. The van der Waals surface area contributed by atoms with E-state index in [-0.39, 0.29) is 41.3 Å². The number of rotatable bonds is 10. The monoisotopic (exact) mass is 426 g/mol. The lowest BCUT2D eigenvalue weighted by Gasteiger charge is -2.42. The van der Waals surface area contributed by atoms with Crippen molar-refractivity contribution in [1.29, 1.82) is 0 Å². The second kappa shape index (κ2) is 9.40. The fourth-order valence-electron chi connectivity index (χ4n) is 4.95. The molecule has 30 heavy (non-hydrogen) atoms. The third kappa shape index (κ3) is 5.08. The van der Waals surface area contributed by atoms with E-state index in [2.05, 4.69) is 31.4 Å². The minimum Gasteiger partial charge on any atom is -0.443 e. The first-order valence-corrected chi connectivity index (χ1v) is 11.3. The van der Waals surface area contributed by atoms with Gasteiger partial charge in [0.15, 0.2) is 0 Å². The number of methoxy groups -OCH3 is 1. The van der Waals surface area contributed by atoms with E-state index in [0.29, 0.717) is 38.5 Å². The molecule has 2 amide bonds. The maximum absolute atomic E-state index is 12.3. The summed E-state index contributed by atoms with van der Waals surface area (Å²) in [5.41, 5.74) is -0.530. The van der Waals surface area contributed by atoms with E-state index in [4.69, 9.17) is 18.9 Å². The van der Waals surface area contributed by atoms with Gasteiger partial charge in [0.05, 0.1) is 18.6 Å². The van der Waals surface area contributed by atoms with Crippen molar-refractivity contribution in [3.05, 3.63) is 0 Å². The number of carbonyl (C=O) groups is 2. The molecule has 0 aromatic rings. The largest absolute Gasteiger partial charge is 0.443 e. The van der Waals surface area contributed by atoms with Crippen LogP contribution in [0.15, 0.2) is 0 Å². The van der Waals surface area contributed by atoms with Crippen molar-refractivity contribution in [1.82, 2.24) is 10.6 Å². The molecule has 2 aliphatic heterocycles. The van der Waals surface area contributed by atoms with Gasteiger partial charge in [-0.2, -0.15) is 0 Å². The van der Waals surface area contributed by atoms with Crippen molar-refractivity contribution in [2.75, 3.05) is 26.8 Å². The van der Waals surface area contributed by atoms with E-state index in [1.54, 1.807) is 14.0 Å². The van der Waals surface area contributed by atoms with Gasteiger partial charge in [0, 0.05) is 26.6 Å². The zero-order valence-corrected chi connectivity index (χ0v) is 19.0. The van der Waals surface area contributed by atoms with Crippen LogP contribution in [0.5, 0.6) is 0 Å². The smallest absolute Gasteiger partial charge is 0.407 e. The van der Waals surface area contributed by atoms with Crippen LogP contribution < -0.4 is 10.6 Å². The van der Waals surface area contributed by atoms with Crippen LogP contribution in [0.25, 0.3) is 0 Å². The van der Waals surface area contributed by atoms with Crippen LogP contribution in [0.4, 0.5) is 4.79 Å². The highest BCUT2D eigenvalue weighted by Crippen LogP contribution is 2.59. The molecule has 3 unspecified atom stereocenters. The Morgan fingerprint density at radius 3 is 2.53 bits per heavy atom. The van der Waals surface area contributed by atoms with Crippen LogP contribution in [-0.4, -0.2) is 68.3 Å². The molecule has 8 heteroatoms. The van der Waals surface area contributed by atoms with Crippen LogP contribution in [0.1, 0.15) is 59.8 Å². The van der Waals surface area contributed by atoms with Gasteiger partial charge < -0.3 is 29.6 Å². The maximum atomic E-state index is 12.3. The third-order valence-corrected chi connectivity index (χ3v) is 6.80. The SMILES string of the molecule is CCC(=O)NCCNC(=O)OC1CC[C@]2(CO2)C([C@@]2(C)O[C@@H]2CCC(C)C)C1OC. The topological polar surface area (TPSA) is 102 Å². The average molecular weight is 427 g/mol. The van der Waals surface area contributed by atoms with Gasteiger partial charge in [0.1, 0.15) is 23.4 Å². The normalized spacial score (nSPS) is 37.1. The van der Waals surface area contributed by atoms with Gasteiger partial charge in [-0.15, -0.1) is 0 Å². The second-order valence-electron chi connectivity index (χ2n) is 9.41. The Kier molecular flexibility index (Phi) is 7.30. The van der Waals surface area contributed by atoms with Gasteiger partial charge in [0.2, 0.25) is 5.91 Å². The number of alkyl carbamates (subject to hydrolysis) is 1. The summed E-state index contributed by atoms with van der Waals surface area (Å²) in [5, 5.41) is 5.43. The zero-order valence-electron chi connectivity index (χ0n) is 19.0. The number of nitrogens with one attached hydrogen (secondary N) is 2. The Morgan fingerprint density at radius 2 is 1.93 bits per heavy atom. The highest BCUT2D eigenvalue weighted by atomic mass is 16.6. The fourth-order valence-corrected chi connectivity index (χ4v) is 4.95. The van der Waals surface area contributed by atoms with Gasteiger partial charge in [-0.25, -0.2) is 4.79 Å². The highest BCUT2D eigenvalue weighted by Gasteiger charge is 2.72. The first-order valence-electron chi connectivity index (χ1n) is 11.3. The number of ether oxygens (including phenoxy) is 4. The molecule has 3 aliphatic rings. The van der Waals surface area contributed by atoms with Crippen LogP contribution >= 0.6 is 0 Å². The molecule has 0 aromatic heterocycles. The van der Waals surface area contributed by atoms with Crippen molar-refractivity contribution >= 4 is 12.0 Å². The molecule has 1 saturated carbocycles. The Hall–Kier alpha value is -1.38. The van der Waals surface area contributed by atoms with Crippen molar-refractivity contribution < 1.29 is 28.5 Å². The molecular formula is C22H38N2O6. The van der Waals surface area contributed by atoms with Crippen molar-refractivity contribution in [3.8, 4) is 0 Å².